The number of nitrogens with zero attached hydrogens (tertiary/aromatic N) is 2. The molecule has 1 unspecified atom stereocenters. The topological polar surface area (TPSA) is 40.6 Å². The highest BCUT2D eigenvalue weighted by Gasteiger charge is 2.41. The Morgan fingerprint density at radius 1 is 1.22 bits per heavy atom. The summed E-state index contributed by atoms with van der Waals surface area (Å²) in [6, 6.07) is 9.63. The Bertz CT molecular complexity index is 468. The van der Waals surface area contributed by atoms with Crippen molar-refractivity contribution in [3.05, 3.63) is 35.9 Å². The fourth-order valence-corrected chi connectivity index (χ4v) is 3.25. The van der Waals surface area contributed by atoms with Gasteiger partial charge < -0.3 is 0 Å². The summed E-state index contributed by atoms with van der Waals surface area (Å²) in [6.45, 7) is 6.51. The minimum atomic E-state index is -1.38. The fraction of sp³-hybridized carbons (Fsp3) is 0.462. The molecule has 1 aromatic rings. The van der Waals surface area contributed by atoms with Gasteiger partial charge in [0.05, 0.1) is 13.1 Å². The standard InChI is InChI=1S/C13H18N2O2S/c1-13(2,3)15-10-12(16)14(18(15)17)9-11-7-5-4-6-8-11/h4-8H,9-10H2,1-3H3. The lowest BCUT2D eigenvalue weighted by atomic mass is 10.1. The summed E-state index contributed by atoms with van der Waals surface area (Å²) in [5.74, 6) is -0.0767. The smallest absolute Gasteiger partial charge is 0.250 e. The molecule has 1 saturated heterocycles. The lowest BCUT2D eigenvalue weighted by molar-refractivity contribution is -0.125. The molecular formula is C13H18N2O2S. The molecule has 1 aliphatic rings. The van der Waals surface area contributed by atoms with Crippen LogP contribution in [0.15, 0.2) is 30.3 Å². The maximum atomic E-state index is 12.3. The lowest BCUT2D eigenvalue weighted by Crippen LogP contribution is -2.41. The third-order valence-electron chi connectivity index (χ3n) is 2.85. The molecule has 2 rings (SSSR count). The molecule has 1 amide bonds. The van der Waals surface area contributed by atoms with E-state index in [4.69, 9.17) is 0 Å². The summed E-state index contributed by atoms with van der Waals surface area (Å²) in [5.41, 5.74) is 0.723. The van der Waals surface area contributed by atoms with Crippen molar-refractivity contribution in [2.45, 2.75) is 32.9 Å². The van der Waals surface area contributed by atoms with E-state index >= 15 is 0 Å². The van der Waals surface area contributed by atoms with E-state index in [0.29, 0.717) is 6.54 Å². The van der Waals surface area contributed by atoms with Gasteiger partial charge in [-0.1, -0.05) is 30.3 Å². The van der Waals surface area contributed by atoms with Crippen molar-refractivity contribution in [3.63, 3.8) is 0 Å². The molecule has 18 heavy (non-hydrogen) atoms. The van der Waals surface area contributed by atoms with Crippen LogP contribution >= 0.6 is 0 Å². The second-order valence-electron chi connectivity index (χ2n) is 5.35. The van der Waals surface area contributed by atoms with E-state index in [1.54, 1.807) is 4.31 Å². The van der Waals surface area contributed by atoms with Crippen LogP contribution in [-0.4, -0.2) is 30.8 Å². The molecule has 1 heterocycles. The van der Waals surface area contributed by atoms with Gasteiger partial charge in [0.2, 0.25) is 11.2 Å². The summed E-state index contributed by atoms with van der Waals surface area (Å²) < 4.78 is 15.5. The predicted molar refractivity (Wildman–Crippen MR) is 71.6 cm³/mol. The molecule has 5 heteroatoms. The van der Waals surface area contributed by atoms with E-state index in [9.17, 15) is 9.00 Å². The number of hydrogen-bond acceptors (Lipinski definition) is 2. The maximum Gasteiger partial charge on any atom is 0.250 e. The first-order valence-electron chi connectivity index (χ1n) is 5.93. The van der Waals surface area contributed by atoms with Crippen LogP contribution in [0.2, 0.25) is 0 Å². The number of benzene rings is 1. The Kier molecular flexibility index (Phi) is 3.54. The van der Waals surface area contributed by atoms with E-state index in [1.165, 1.54) is 4.31 Å². The molecular weight excluding hydrogens is 248 g/mol. The van der Waals surface area contributed by atoms with Gasteiger partial charge in [0, 0.05) is 5.54 Å². The van der Waals surface area contributed by atoms with Gasteiger partial charge in [-0.3, -0.25) is 4.79 Å². The molecule has 1 fully saturated rings. The average Bonchev–Trinajstić information content (AvgIpc) is 2.58. The first-order valence-corrected chi connectivity index (χ1v) is 7.00. The van der Waals surface area contributed by atoms with Crippen molar-refractivity contribution in [1.29, 1.82) is 0 Å². The van der Waals surface area contributed by atoms with Crippen molar-refractivity contribution < 1.29 is 9.00 Å². The van der Waals surface area contributed by atoms with E-state index < -0.39 is 11.2 Å². The molecule has 1 atom stereocenters. The van der Waals surface area contributed by atoms with Crippen LogP contribution in [0, 0.1) is 0 Å². The van der Waals surface area contributed by atoms with Gasteiger partial charge in [0.15, 0.2) is 0 Å². The van der Waals surface area contributed by atoms with Gasteiger partial charge in [-0.25, -0.2) is 8.51 Å². The lowest BCUT2D eigenvalue weighted by Gasteiger charge is -2.28. The summed E-state index contributed by atoms with van der Waals surface area (Å²) >= 11 is -1.38. The molecule has 0 aliphatic carbocycles. The summed E-state index contributed by atoms with van der Waals surface area (Å²) in [5, 5.41) is 0. The molecule has 0 aromatic heterocycles. The van der Waals surface area contributed by atoms with Crippen LogP contribution in [0.3, 0.4) is 0 Å². The highest BCUT2D eigenvalue weighted by molar-refractivity contribution is 7.81. The summed E-state index contributed by atoms with van der Waals surface area (Å²) in [4.78, 5) is 11.9. The third kappa shape index (κ3) is 2.62. The van der Waals surface area contributed by atoms with Gasteiger partial charge in [-0.05, 0) is 26.3 Å². The molecule has 1 aromatic carbocycles. The van der Waals surface area contributed by atoms with E-state index in [1.807, 2.05) is 51.1 Å². The first kappa shape index (κ1) is 13.2. The molecule has 0 bridgehead atoms. The van der Waals surface area contributed by atoms with Gasteiger partial charge >= 0.3 is 0 Å². The number of carbonyl (C=O) groups excluding carboxylic acids is 1. The van der Waals surface area contributed by atoms with Crippen LogP contribution < -0.4 is 0 Å². The quantitative estimate of drug-likeness (QED) is 0.817. The minimum absolute atomic E-state index is 0.0767. The van der Waals surface area contributed by atoms with E-state index in [-0.39, 0.29) is 18.0 Å². The summed E-state index contributed by atoms with van der Waals surface area (Å²) in [6.07, 6.45) is 0. The minimum Gasteiger partial charge on any atom is -0.272 e. The zero-order valence-electron chi connectivity index (χ0n) is 10.9. The molecule has 1 aliphatic heterocycles. The van der Waals surface area contributed by atoms with Crippen molar-refractivity contribution in [1.82, 2.24) is 8.61 Å². The normalized spacial score (nSPS) is 21.6. The Labute approximate surface area is 110 Å². The highest BCUT2D eigenvalue weighted by atomic mass is 32.2. The Hall–Kier alpha value is -1.20. The van der Waals surface area contributed by atoms with Crippen molar-refractivity contribution >= 4 is 17.1 Å². The highest BCUT2D eigenvalue weighted by Crippen LogP contribution is 2.25. The SMILES string of the molecule is CC(C)(C)N1CC(=O)N(Cc2ccccc2)S1=O. The molecule has 0 saturated carbocycles. The maximum absolute atomic E-state index is 12.3. The monoisotopic (exact) mass is 266 g/mol. The van der Waals surface area contributed by atoms with E-state index in [0.717, 1.165) is 5.56 Å². The number of rotatable bonds is 2. The van der Waals surface area contributed by atoms with Crippen molar-refractivity contribution in [3.8, 4) is 0 Å². The predicted octanol–water partition coefficient (Wildman–Crippen LogP) is 1.71. The van der Waals surface area contributed by atoms with Gasteiger partial charge in [-0.2, -0.15) is 4.31 Å². The number of carbonyl (C=O) groups is 1. The second kappa shape index (κ2) is 4.82. The zero-order chi connectivity index (χ0) is 13.3. The fourth-order valence-electron chi connectivity index (χ4n) is 1.83. The molecule has 4 nitrogen and oxygen atoms in total. The second-order valence-corrected chi connectivity index (χ2v) is 6.70. The van der Waals surface area contributed by atoms with E-state index in [2.05, 4.69) is 0 Å². The van der Waals surface area contributed by atoms with Crippen LogP contribution in [-0.2, 0) is 22.5 Å². The molecule has 98 valence electrons. The van der Waals surface area contributed by atoms with Gasteiger partial charge in [0.1, 0.15) is 0 Å². The zero-order valence-corrected chi connectivity index (χ0v) is 11.7. The largest absolute Gasteiger partial charge is 0.272 e. The van der Waals surface area contributed by atoms with Gasteiger partial charge in [0.25, 0.3) is 5.91 Å². The van der Waals surface area contributed by atoms with Crippen LogP contribution in [0.1, 0.15) is 26.3 Å². The van der Waals surface area contributed by atoms with Crippen LogP contribution in [0.25, 0.3) is 0 Å². The van der Waals surface area contributed by atoms with Crippen molar-refractivity contribution in [2.75, 3.05) is 6.54 Å². The van der Waals surface area contributed by atoms with Gasteiger partial charge in [-0.15, -0.1) is 0 Å². The Morgan fingerprint density at radius 3 is 2.33 bits per heavy atom. The molecule has 0 radical (unpaired) electrons. The third-order valence-corrected chi connectivity index (χ3v) is 4.61. The first-order chi connectivity index (χ1) is 8.39. The molecule has 0 N–H and O–H groups in total. The summed E-state index contributed by atoms with van der Waals surface area (Å²) in [7, 11) is 0. The number of hydrogen-bond donors (Lipinski definition) is 0. The Balaban J connectivity index is 2.16. The van der Waals surface area contributed by atoms with Crippen LogP contribution in [0.4, 0.5) is 0 Å². The van der Waals surface area contributed by atoms with Crippen molar-refractivity contribution in [2.24, 2.45) is 0 Å². The number of amides is 1. The Morgan fingerprint density at radius 2 is 1.83 bits per heavy atom. The van der Waals surface area contributed by atoms with Crippen LogP contribution in [0.5, 0.6) is 0 Å². The average molecular weight is 266 g/mol. The molecule has 0 spiro atoms.